The second-order valence-corrected chi connectivity index (χ2v) is 6.27. The number of esters is 1. The summed E-state index contributed by atoms with van der Waals surface area (Å²) in [6.45, 7) is 2.56. The zero-order chi connectivity index (χ0) is 23.2. The highest BCUT2D eigenvalue weighted by Crippen LogP contribution is 2.24. The van der Waals surface area contributed by atoms with Crippen molar-refractivity contribution in [2.24, 2.45) is 0 Å². The average Bonchev–Trinajstić information content (AvgIpc) is 3.05. The number of aromatic nitrogens is 1. The standard InChI is InChI=1S/C19H17N3O2.C2HF3O2/c1-2-24-19(23)18-10-15-9-16(21)6-7-17(15)22(18)12-14-5-3-4-13(8-14)11-20;3-2(4,5)1(6)7/h3-10H,2,12,21H2,1H3;(H,6,7). The van der Waals surface area contributed by atoms with Gasteiger partial charge in [-0.3, -0.25) is 0 Å². The Balaban J connectivity index is 0.000000423. The number of nitrogen functional groups attached to an aromatic ring is 1. The van der Waals surface area contributed by atoms with Gasteiger partial charge in [0.25, 0.3) is 0 Å². The highest BCUT2D eigenvalue weighted by molar-refractivity contribution is 5.96. The molecular formula is C21H18F3N3O4. The van der Waals surface area contributed by atoms with Gasteiger partial charge in [0.15, 0.2) is 0 Å². The molecular weight excluding hydrogens is 415 g/mol. The summed E-state index contributed by atoms with van der Waals surface area (Å²) in [5.74, 6) is -3.13. The molecule has 0 bridgehead atoms. The summed E-state index contributed by atoms with van der Waals surface area (Å²) in [7, 11) is 0. The summed E-state index contributed by atoms with van der Waals surface area (Å²) < 4.78 is 38.8. The molecule has 3 aromatic rings. The SMILES string of the molecule is CCOC(=O)c1cc2cc(N)ccc2n1Cc1cccc(C#N)c1.O=C(O)C(F)(F)F. The number of nitrogens with zero attached hydrogens (tertiary/aromatic N) is 2. The second kappa shape index (κ2) is 9.67. The van der Waals surface area contributed by atoms with Crippen molar-refractivity contribution in [1.82, 2.24) is 4.57 Å². The van der Waals surface area contributed by atoms with Gasteiger partial charge in [-0.05, 0) is 48.9 Å². The molecule has 0 atom stereocenters. The lowest BCUT2D eigenvalue weighted by Gasteiger charge is -2.11. The maximum Gasteiger partial charge on any atom is 0.490 e. The van der Waals surface area contributed by atoms with E-state index in [0.717, 1.165) is 16.5 Å². The number of carboxylic acids is 1. The number of hydrogen-bond acceptors (Lipinski definition) is 5. The van der Waals surface area contributed by atoms with Crippen LogP contribution < -0.4 is 5.73 Å². The van der Waals surface area contributed by atoms with Crippen LogP contribution in [0.25, 0.3) is 10.9 Å². The van der Waals surface area contributed by atoms with Gasteiger partial charge < -0.3 is 20.1 Å². The summed E-state index contributed by atoms with van der Waals surface area (Å²) in [5.41, 5.74) is 9.38. The Morgan fingerprint density at radius 1 is 1.19 bits per heavy atom. The number of nitrogens with two attached hydrogens (primary N) is 1. The summed E-state index contributed by atoms with van der Waals surface area (Å²) in [4.78, 5) is 21.2. The predicted octanol–water partition coefficient (Wildman–Crippen LogP) is 3.95. The van der Waals surface area contributed by atoms with Crippen molar-refractivity contribution in [3.63, 3.8) is 0 Å². The van der Waals surface area contributed by atoms with Crippen molar-refractivity contribution in [3.8, 4) is 6.07 Å². The molecule has 31 heavy (non-hydrogen) atoms. The first kappa shape index (κ1) is 23.3. The average molecular weight is 433 g/mol. The third kappa shape index (κ3) is 5.99. The number of halogens is 3. The number of aliphatic carboxylic acids is 1. The van der Waals surface area contributed by atoms with Gasteiger partial charge in [0.1, 0.15) is 5.69 Å². The Kier molecular flexibility index (Phi) is 7.26. The first-order valence-electron chi connectivity index (χ1n) is 8.91. The van der Waals surface area contributed by atoms with E-state index in [-0.39, 0.29) is 5.97 Å². The normalized spacial score (nSPS) is 10.7. The molecule has 0 saturated heterocycles. The number of rotatable bonds is 4. The Labute approximate surface area is 175 Å². The minimum absolute atomic E-state index is 0.312. The predicted molar refractivity (Wildman–Crippen MR) is 106 cm³/mol. The van der Waals surface area contributed by atoms with Crippen LogP contribution in [0.15, 0.2) is 48.5 Å². The number of anilines is 1. The molecule has 0 spiro atoms. The van der Waals surface area contributed by atoms with E-state index in [2.05, 4.69) is 6.07 Å². The fourth-order valence-corrected chi connectivity index (χ4v) is 2.76. The van der Waals surface area contributed by atoms with E-state index in [9.17, 15) is 18.0 Å². The topological polar surface area (TPSA) is 118 Å². The summed E-state index contributed by atoms with van der Waals surface area (Å²) in [5, 5.41) is 17.1. The van der Waals surface area contributed by atoms with Crippen molar-refractivity contribution in [3.05, 3.63) is 65.4 Å². The highest BCUT2D eigenvalue weighted by Gasteiger charge is 2.38. The van der Waals surface area contributed by atoms with Crippen LogP contribution >= 0.6 is 0 Å². The third-order valence-corrected chi connectivity index (χ3v) is 4.05. The van der Waals surface area contributed by atoms with Crippen LogP contribution in [0.3, 0.4) is 0 Å². The van der Waals surface area contributed by atoms with Gasteiger partial charge in [0.05, 0.1) is 18.2 Å². The molecule has 2 aromatic carbocycles. The molecule has 0 amide bonds. The van der Waals surface area contributed by atoms with Crippen LogP contribution in [-0.4, -0.2) is 34.4 Å². The molecule has 0 radical (unpaired) electrons. The number of hydrogen-bond donors (Lipinski definition) is 2. The third-order valence-electron chi connectivity index (χ3n) is 4.05. The molecule has 1 heterocycles. The van der Waals surface area contributed by atoms with E-state index >= 15 is 0 Å². The van der Waals surface area contributed by atoms with Gasteiger partial charge in [-0.1, -0.05) is 12.1 Å². The quantitative estimate of drug-likeness (QED) is 0.475. The van der Waals surface area contributed by atoms with Crippen molar-refractivity contribution < 1.29 is 32.6 Å². The van der Waals surface area contributed by atoms with Crippen molar-refractivity contribution >= 4 is 28.5 Å². The first-order valence-corrected chi connectivity index (χ1v) is 8.91. The van der Waals surface area contributed by atoms with Crippen LogP contribution in [0.5, 0.6) is 0 Å². The highest BCUT2D eigenvalue weighted by atomic mass is 19.4. The zero-order valence-corrected chi connectivity index (χ0v) is 16.3. The maximum absolute atomic E-state index is 12.3. The van der Waals surface area contributed by atoms with Crippen LogP contribution in [0, 0.1) is 11.3 Å². The largest absolute Gasteiger partial charge is 0.490 e. The Morgan fingerprint density at radius 2 is 1.87 bits per heavy atom. The van der Waals surface area contributed by atoms with Crippen LogP contribution in [0.4, 0.5) is 18.9 Å². The molecule has 1 aromatic heterocycles. The van der Waals surface area contributed by atoms with Crippen LogP contribution in [0.1, 0.15) is 28.5 Å². The van der Waals surface area contributed by atoms with Crippen molar-refractivity contribution in [2.75, 3.05) is 12.3 Å². The molecule has 3 N–H and O–H groups in total. The number of ether oxygens (including phenoxy) is 1. The molecule has 3 rings (SSSR count). The van der Waals surface area contributed by atoms with Crippen LogP contribution in [0.2, 0.25) is 0 Å². The molecule has 0 aliphatic heterocycles. The number of carboxylic acid groups (broad SMARTS) is 1. The molecule has 162 valence electrons. The van der Waals surface area contributed by atoms with Gasteiger partial charge in [-0.15, -0.1) is 0 Å². The Hall–Kier alpha value is -4.00. The molecule has 0 aliphatic rings. The number of nitriles is 1. The molecule has 0 unspecified atom stereocenters. The van der Waals surface area contributed by atoms with E-state index in [1.165, 1.54) is 0 Å². The number of carbonyl (C=O) groups excluding carboxylic acids is 1. The lowest BCUT2D eigenvalue weighted by Crippen LogP contribution is -2.21. The summed E-state index contributed by atoms with van der Waals surface area (Å²) >= 11 is 0. The minimum Gasteiger partial charge on any atom is -0.475 e. The summed E-state index contributed by atoms with van der Waals surface area (Å²) in [6.07, 6.45) is -5.08. The van der Waals surface area contributed by atoms with E-state index in [4.69, 9.17) is 25.6 Å². The summed E-state index contributed by atoms with van der Waals surface area (Å²) in [6, 6.07) is 16.8. The Morgan fingerprint density at radius 3 is 2.45 bits per heavy atom. The lowest BCUT2D eigenvalue weighted by molar-refractivity contribution is -0.192. The van der Waals surface area contributed by atoms with Gasteiger partial charge in [-0.2, -0.15) is 18.4 Å². The second-order valence-electron chi connectivity index (χ2n) is 6.27. The van der Waals surface area contributed by atoms with Gasteiger partial charge >= 0.3 is 18.1 Å². The zero-order valence-electron chi connectivity index (χ0n) is 16.3. The number of fused-ring (bicyclic) bond motifs is 1. The maximum atomic E-state index is 12.3. The smallest absolute Gasteiger partial charge is 0.475 e. The molecule has 0 aliphatic carbocycles. The monoisotopic (exact) mass is 433 g/mol. The van der Waals surface area contributed by atoms with E-state index < -0.39 is 12.1 Å². The van der Waals surface area contributed by atoms with Crippen LogP contribution in [-0.2, 0) is 16.1 Å². The molecule has 0 fully saturated rings. The van der Waals surface area contributed by atoms with Gasteiger partial charge in [0, 0.05) is 23.1 Å². The van der Waals surface area contributed by atoms with Crippen molar-refractivity contribution in [2.45, 2.75) is 19.6 Å². The minimum atomic E-state index is -5.08. The number of benzene rings is 2. The molecule has 0 saturated carbocycles. The lowest BCUT2D eigenvalue weighted by atomic mass is 10.1. The first-order chi connectivity index (χ1) is 14.6. The van der Waals surface area contributed by atoms with Gasteiger partial charge in [0.2, 0.25) is 0 Å². The number of alkyl halides is 3. The number of carbonyl (C=O) groups is 2. The Bertz CT molecular complexity index is 1150. The van der Waals surface area contributed by atoms with E-state index in [1.807, 2.05) is 34.9 Å². The van der Waals surface area contributed by atoms with E-state index in [1.54, 1.807) is 25.1 Å². The molecule has 7 nitrogen and oxygen atoms in total. The fraction of sp³-hybridized carbons (Fsp3) is 0.190. The molecule has 10 heteroatoms. The van der Waals surface area contributed by atoms with E-state index in [0.29, 0.717) is 30.1 Å². The fourth-order valence-electron chi connectivity index (χ4n) is 2.76. The van der Waals surface area contributed by atoms with Gasteiger partial charge in [-0.25, -0.2) is 9.59 Å². The van der Waals surface area contributed by atoms with Crippen molar-refractivity contribution in [1.29, 1.82) is 5.26 Å².